The van der Waals surface area contributed by atoms with Crippen molar-refractivity contribution in [2.45, 2.75) is 113 Å². The molecule has 0 bridgehead atoms. The lowest BCUT2D eigenvalue weighted by Gasteiger charge is -2.44. The van der Waals surface area contributed by atoms with Gasteiger partial charge in [-0.15, -0.1) is 37.2 Å². The highest BCUT2D eigenvalue weighted by molar-refractivity contribution is 5.95. The first-order valence-electron chi connectivity index (χ1n) is 34.6. The Balaban J connectivity index is 0.00000495. The summed E-state index contributed by atoms with van der Waals surface area (Å²) < 4.78 is 116. The van der Waals surface area contributed by atoms with Crippen molar-refractivity contribution >= 4 is 72.6 Å². The Morgan fingerprint density at radius 1 is 0.621 bits per heavy atom. The van der Waals surface area contributed by atoms with Gasteiger partial charge in [0.05, 0.1) is 29.5 Å². The van der Waals surface area contributed by atoms with E-state index in [1.165, 1.54) is 29.8 Å². The average molecular weight is 1500 g/mol. The minimum absolute atomic E-state index is 0. The summed E-state index contributed by atoms with van der Waals surface area (Å²) in [5, 5.41) is 2.94. The molecule has 5 amide bonds. The molecule has 2 atom stereocenters. The lowest BCUT2D eigenvalue weighted by Crippen LogP contribution is -2.50. The quantitative estimate of drug-likeness (QED) is 0.0370. The van der Waals surface area contributed by atoms with E-state index in [4.69, 9.17) is 14.2 Å². The van der Waals surface area contributed by atoms with Gasteiger partial charge in [0.1, 0.15) is 30.9 Å². The molecule has 6 aromatic rings. The maximum absolute atomic E-state index is 14.3. The molecule has 0 aromatic heterocycles. The first kappa shape index (κ1) is 82.9. The number of benzene rings is 6. The van der Waals surface area contributed by atoms with E-state index in [1.54, 1.807) is 23.9 Å². The van der Waals surface area contributed by atoms with Gasteiger partial charge in [0.15, 0.2) is 0 Å². The number of carbonyl (C=O) groups is 5. The van der Waals surface area contributed by atoms with Crippen LogP contribution in [0.5, 0.6) is 0 Å². The zero-order valence-corrected chi connectivity index (χ0v) is 61.1. The third kappa shape index (κ3) is 21.9. The molecule has 1 aliphatic carbocycles. The summed E-state index contributed by atoms with van der Waals surface area (Å²) in [6, 6.07) is 39.7. The second kappa shape index (κ2) is 37.6. The monoisotopic (exact) mass is 1500 g/mol. The van der Waals surface area contributed by atoms with Crippen LogP contribution < -0.4 is 5.32 Å². The molecule has 3 heterocycles. The minimum atomic E-state index is -5.15. The summed E-state index contributed by atoms with van der Waals surface area (Å²) in [4.78, 5) is 79.9. The van der Waals surface area contributed by atoms with E-state index in [9.17, 15) is 54.7 Å². The molecule has 16 nitrogen and oxygen atoms in total. The Labute approximate surface area is 617 Å². The number of hydrogen-bond acceptors (Lipinski definition) is 11. The molecule has 0 radical (unpaired) electrons. The number of nitrogens with zero attached hydrogens (tertiary/aromatic N) is 7. The number of rotatable bonds is 28. The second-order valence-electron chi connectivity index (χ2n) is 27.2. The van der Waals surface area contributed by atoms with Crippen molar-refractivity contribution in [2.75, 3.05) is 125 Å². The average Bonchev–Trinajstić information content (AvgIpc) is 1.60. The minimum Gasteiger partial charge on any atom is -0.446 e. The topological polar surface area (TPSA) is 148 Å². The van der Waals surface area contributed by atoms with Crippen LogP contribution in [0.25, 0.3) is 11.1 Å². The SMILES string of the molecule is CN(CCCCCC(=O)N(C)CCN1CCC(OC(=O)Nc2ccccc2-c2ccccc2)CC1)CCc1ccc(C(=O)N(C)CCCN(C)C(=O)CO[C@H]2Cc3ccccc3C23CCN(CC[C@]2(c4ccc(F)cc4)CN(C(=O)c4cc(C(F)(F)F)cc(C(F)(F)F)c4)CO2)CC3)cc1.Cl.Cl.Cl. The van der Waals surface area contributed by atoms with Crippen LogP contribution in [0.3, 0.4) is 0 Å². The number of ether oxygens (including phenoxy) is 3. The van der Waals surface area contributed by atoms with Gasteiger partial charge in [-0.1, -0.05) is 103 Å². The third-order valence-electron chi connectivity index (χ3n) is 20.4. The van der Waals surface area contributed by atoms with Crippen molar-refractivity contribution in [3.63, 3.8) is 0 Å². The van der Waals surface area contributed by atoms with Gasteiger partial charge < -0.3 is 48.5 Å². The Bertz CT molecular complexity index is 3720. The summed E-state index contributed by atoms with van der Waals surface area (Å²) in [5.41, 5.74) is 1.50. The van der Waals surface area contributed by atoms with Crippen LogP contribution in [0.1, 0.15) is 118 Å². The summed E-state index contributed by atoms with van der Waals surface area (Å²) in [6.07, 6.45) is -2.86. The third-order valence-corrected chi connectivity index (χ3v) is 20.4. The first-order chi connectivity index (χ1) is 47.9. The Hall–Kier alpha value is -7.35. The molecule has 560 valence electrons. The Morgan fingerprint density at radius 2 is 1.24 bits per heavy atom. The number of likely N-dealkylation sites (tertiary alicyclic amines) is 2. The zero-order chi connectivity index (χ0) is 71.2. The molecule has 26 heteroatoms. The highest BCUT2D eigenvalue weighted by atomic mass is 35.5. The molecule has 3 fully saturated rings. The van der Waals surface area contributed by atoms with Gasteiger partial charge in [0.2, 0.25) is 11.8 Å². The summed E-state index contributed by atoms with van der Waals surface area (Å²) in [6.45, 7) is 6.48. The molecule has 6 aromatic carbocycles. The number of fused-ring (bicyclic) bond motifs is 2. The second-order valence-corrected chi connectivity index (χ2v) is 27.2. The number of unbranched alkanes of at least 4 members (excludes halogenated alkanes) is 2. The van der Waals surface area contributed by atoms with Gasteiger partial charge in [0.25, 0.3) is 11.8 Å². The predicted octanol–water partition coefficient (Wildman–Crippen LogP) is 14.3. The number of alkyl halides is 6. The fourth-order valence-corrected chi connectivity index (χ4v) is 14.3. The van der Waals surface area contributed by atoms with E-state index in [0.717, 1.165) is 98.4 Å². The van der Waals surface area contributed by atoms with E-state index in [-0.39, 0.29) is 92.8 Å². The molecule has 10 rings (SSSR count). The van der Waals surface area contributed by atoms with Crippen LogP contribution in [0.15, 0.2) is 146 Å². The van der Waals surface area contributed by atoms with E-state index in [0.29, 0.717) is 100 Å². The number of para-hydroxylation sites is 1. The number of likely N-dealkylation sites (N-methyl/N-ethyl adjacent to an activating group) is 3. The van der Waals surface area contributed by atoms with E-state index in [2.05, 4.69) is 39.2 Å². The van der Waals surface area contributed by atoms with E-state index >= 15 is 0 Å². The molecular weight excluding hydrogens is 1400 g/mol. The van der Waals surface area contributed by atoms with Crippen molar-refractivity contribution in [2.24, 2.45) is 0 Å². The van der Waals surface area contributed by atoms with Gasteiger partial charge in [-0.25, -0.2) is 9.18 Å². The highest BCUT2D eigenvalue weighted by Crippen LogP contribution is 2.49. The smallest absolute Gasteiger partial charge is 0.416 e. The van der Waals surface area contributed by atoms with E-state index in [1.807, 2.05) is 103 Å². The number of anilines is 1. The van der Waals surface area contributed by atoms with Crippen molar-refractivity contribution < 1.29 is 68.9 Å². The largest absolute Gasteiger partial charge is 0.446 e. The molecule has 3 saturated heterocycles. The molecule has 0 unspecified atom stereocenters. The predicted molar refractivity (Wildman–Crippen MR) is 390 cm³/mol. The number of nitrogens with one attached hydrogen (secondary N) is 1. The summed E-state index contributed by atoms with van der Waals surface area (Å²) in [7, 11) is 7.45. The van der Waals surface area contributed by atoms with Gasteiger partial charge in [-0.2, -0.15) is 26.3 Å². The molecule has 1 spiro atoms. The van der Waals surface area contributed by atoms with Crippen molar-refractivity contribution in [1.82, 2.24) is 34.3 Å². The van der Waals surface area contributed by atoms with Gasteiger partial charge >= 0.3 is 18.4 Å². The van der Waals surface area contributed by atoms with Gasteiger partial charge in [0, 0.05) is 102 Å². The molecule has 4 aliphatic rings. The summed E-state index contributed by atoms with van der Waals surface area (Å²) >= 11 is 0. The number of amides is 5. The molecule has 1 N–H and O–H groups in total. The molecule has 3 aliphatic heterocycles. The van der Waals surface area contributed by atoms with Crippen molar-refractivity contribution in [3.05, 3.63) is 196 Å². The lowest BCUT2D eigenvalue weighted by atomic mass is 9.72. The highest BCUT2D eigenvalue weighted by Gasteiger charge is 2.50. The van der Waals surface area contributed by atoms with Crippen molar-refractivity contribution in [1.29, 1.82) is 0 Å². The van der Waals surface area contributed by atoms with Crippen LogP contribution in [-0.4, -0.2) is 196 Å². The standard InChI is InChI=1S/C77H91F7N8O8.3ClH/c1-86(37-14-6-9-22-69(93)88(3)46-47-90-41-32-64(33-42-90)100-73(97)85-67-21-13-11-19-65(67)56-16-7-5-8-17-56)40-31-55-23-25-57(26-24-55)71(95)89(4)39-15-38-87(2)70(94)52-98-68-50-58-18-10-12-20-66(58)74(68)34-43-91(44-35-74)45-36-75(60-27-29-63(78)30-28-60)53-92(54-99-75)72(96)59-48-61(76(79,80)81)51-62(49-59)77(82,83)84;;;/h5,7-8,10-13,16-21,23-30,48-49,51,64,68H,6,9,14-15,22,31-47,50,52-54H2,1-4H3,(H,85,97);3*1H/t68-,75+;;;/m0.../s1. The van der Waals surface area contributed by atoms with Crippen LogP contribution in [0.4, 0.5) is 41.2 Å². The number of hydrogen-bond donors (Lipinski definition) is 1. The molecule has 103 heavy (non-hydrogen) atoms. The normalized spacial score (nSPS) is 17.6. The van der Waals surface area contributed by atoms with E-state index < -0.39 is 64.6 Å². The maximum atomic E-state index is 14.3. The summed E-state index contributed by atoms with van der Waals surface area (Å²) in [5.74, 6) is -1.75. The van der Waals surface area contributed by atoms with Crippen LogP contribution >= 0.6 is 37.2 Å². The molecular formula is C77H94Cl3F7N8O8. The van der Waals surface area contributed by atoms with Crippen LogP contribution in [0, 0.1) is 5.82 Å². The zero-order valence-electron chi connectivity index (χ0n) is 58.7. The molecule has 0 saturated carbocycles. The fourth-order valence-electron chi connectivity index (χ4n) is 14.3. The van der Waals surface area contributed by atoms with Crippen LogP contribution in [-0.2, 0) is 60.0 Å². The maximum Gasteiger partial charge on any atom is 0.416 e. The first-order valence-corrected chi connectivity index (χ1v) is 34.6. The lowest BCUT2D eigenvalue weighted by molar-refractivity contribution is -0.143. The number of piperidine rings is 2. The van der Waals surface area contributed by atoms with Gasteiger partial charge in [-0.3, -0.25) is 24.5 Å². The number of carbonyl (C=O) groups excluding carboxylic acids is 5. The Morgan fingerprint density at radius 3 is 1.92 bits per heavy atom. The Kier molecular flexibility index (Phi) is 30.2. The number of halogens is 10. The van der Waals surface area contributed by atoms with Gasteiger partial charge in [-0.05, 0) is 167 Å². The van der Waals surface area contributed by atoms with Crippen molar-refractivity contribution in [3.8, 4) is 11.1 Å². The van der Waals surface area contributed by atoms with Crippen LogP contribution in [0.2, 0.25) is 0 Å². The fraction of sp³-hybridized carbons (Fsp3) is 0.468.